The third-order valence-corrected chi connectivity index (χ3v) is 3.95. The number of hydrogen-bond acceptors (Lipinski definition) is 4. The van der Waals surface area contributed by atoms with Crippen molar-refractivity contribution >= 4 is 0 Å². The average Bonchev–Trinajstić information content (AvgIpc) is 2.34. The van der Waals surface area contributed by atoms with Crippen molar-refractivity contribution in [3.63, 3.8) is 0 Å². The maximum Gasteiger partial charge on any atom is 0.0611 e. The molecule has 1 fully saturated rings. The van der Waals surface area contributed by atoms with Crippen molar-refractivity contribution in [3.8, 4) is 0 Å². The Hall–Kier alpha value is -0.970. The maximum absolute atomic E-state index is 5.97. The molecule has 0 atom stereocenters. The van der Waals surface area contributed by atoms with Crippen molar-refractivity contribution in [2.45, 2.75) is 38.0 Å². The van der Waals surface area contributed by atoms with E-state index in [2.05, 4.69) is 23.0 Å². The summed E-state index contributed by atoms with van der Waals surface area (Å²) in [5.41, 5.74) is 7.31. The van der Waals surface area contributed by atoms with Crippen molar-refractivity contribution in [3.05, 3.63) is 30.1 Å². The van der Waals surface area contributed by atoms with Gasteiger partial charge in [0, 0.05) is 37.6 Å². The van der Waals surface area contributed by atoms with E-state index in [1.807, 2.05) is 19.2 Å². The quantitative estimate of drug-likeness (QED) is 0.828. The van der Waals surface area contributed by atoms with Crippen molar-refractivity contribution in [2.75, 3.05) is 20.2 Å². The van der Waals surface area contributed by atoms with Crippen LogP contribution in [0.4, 0.5) is 0 Å². The lowest BCUT2D eigenvalue weighted by Crippen LogP contribution is -2.62. The molecule has 0 bridgehead atoms. The van der Waals surface area contributed by atoms with Gasteiger partial charge in [-0.2, -0.15) is 0 Å². The first-order valence-electron chi connectivity index (χ1n) is 6.62. The molecular weight excluding hydrogens is 226 g/mol. The monoisotopic (exact) mass is 249 g/mol. The number of nitrogens with zero attached hydrogens (tertiary/aromatic N) is 2. The van der Waals surface area contributed by atoms with E-state index in [4.69, 9.17) is 10.5 Å². The predicted octanol–water partition coefficient (Wildman–Crippen LogP) is 1.41. The molecule has 100 valence electrons. The molecule has 1 aromatic rings. The summed E-state index contributed by atoms with van der Waals surface area (Å²) in [6.07, 6.45) is 6.17. The lowest BCUT2D eigenvalue weighted by Gasteiger charge is -2.52. The van der Waals surface area contributed by atoms with E-state index < -0.39 is 0 Å². The van der Waals surface area contributed by atoms with Gasteiger partial charge < -0.3 is 10.5 Å². The molecule has 1 aliphatic carbocycles. The second-order valence-corrected chi connectivity index (χ2v) is 5.13. The molecule has 1 saturated carbocycles. The summed E-state index contributed by atoms with van der Waals surface area (Å²) in [4.78, 5) is 6.50. The van der Waals surface area contributed by atoms with E-state index >= 15 is 0 Å². The van der Waals surface area contributed by atoms with Gasteiger partial charge in [0.15, 0.2) is 0 Å². The Morgan fingerprint density at radius 3 is 2.89 bits per heavy atom. The smallest absolute Gasteiger partial charge is 0.0611 e. The summed E-state index contributed by atoms with van der Waals surface area (Å²) < 4.78 is 5.64. The van der Waals surface area contributed by atoms with Crippen LogP contribution < -0.4 is 5.73 Å². The first-order valence-corrected chi connectivity index (χ1v) is 6.62. The molecule has 2 N–H and O–H groups in total. The number of pyridine rings is 1. The molecule has 0 unspecified atom stereocenters. The van der Waals surface area contributed by atoms with Gasteiger partial charge in [0.1, 0.15) is 0 Å². The Morgan fingerprint density at radius 1 is 1.56 bits per heavy atom. The molecule has 1 aromatic heterocycles. The van der Waals surface area contributed by atoms with E-state index in [1.54, 1.807) is 6.20 Å². The minimum absolute atomic E-state index is 0.107. The van der Waals surface area contributed by atoms with E-state index in [0.29, 0.717) is 12.6 Å². The van der Waals surface area contributed by atoms with Crippen LogP contribution in [0.5, 0.6) is 0 Å². The second-order valence-electron chi connectivity index (χ2n) is 5.13. The Labute approximate surface area is 109 Å². The fourth-order valence-electron chi connectivity index (χ4n) is 2.71. The van der Waals surface area contributed by atoms with Gasteiger partial charge in [-0.05, 0) is 38.4 Å². The van der Waals surface area contributed by atoms with Gasteiger partial charge in [-0.3, -0.25) is 9.88 Å². The van der Waals surface area contributed by atoms with Gasteiger partial charge in [0.2, 0.25) is 0 Å². The topological polar surface area (TPSA) is 51.4 Å². The highest BCUT2D eigenvalue weighted by atomic mass is 16.5. The van der Waals surface area contributed by atoms with Crippen LogP contribution in [0.2, 0.25) is 0 Å². The van der Waals surface area contributed by atoms with E-state index in [9.17, 15) is 0 Å². The van der Waals surface area contributed by atoms with Crippen LogP contribution in [0, 0.1) is 0 Å². The average molecular weight is 249 g/mol. The summed E-state index contributed by atoms with van der Waals surface area (Å²) in [5, 5.41) is 0. The fraction of sp³-hybridized carbons (Fsp3) is 0.643. The summed E-state index contributed by atoms with van der Waals surface area (Å²) >= 11 is 0. The minimum atomic E-state index is 0.107. The number of rotatable bonds is 6. The van der Waals surface area contributed by atoms with Gasteiger partial charge >= 0.3 is 0 Å². The zero-order chi connectivity index (χ0) is 13.0. The fourth-order valence-corrected chi connectivity index (χ4v) is 2.71. The highest BCUT2D eigenvalue weighted by Crippen LogP contribution is 2.38. The molecule has 4 heteroatoms. The van der Waals surface area contributed by atoms with Crippen LogP contribution >= 0.6 is 0 Å². The van der Waals surface area contributed by atoms with Crippen molar-refractivity contribution < 1.29 is 4.74 Å². The first kappa shape index (κ1) is 13.5. The number of likely N-dealkylation sites (N-methyl/N-ethyl adjacent to an activating group) is 1. The molecule has 0 aliphatic heterocycles. The first-order chi connectivity index (χ1) is 8.70. The molecule has 0 aromatic carbocycles. The van der Waals surface area contributed by atoms with Gasteiger partial charge in [-0.15, -0.1) is 0 Å². The molecule has 4 nitrogen and oxygen atoms in total. The van der Waals surface area contributed by atoms with Crippen molar-refractivity contribution in [1.82, 2.24) is 9.88 Å². The largest absolute Gasteiger partial charge is 0.378 e. The van der Waals surface area contributed by atoms with Crippen LogP contribution in [0.15, 0.2) is 24.5 Å². The lowest BCUT2D eigenvalue weighted by atomic mass is 9.73. The lowest BCUT2D eigenvalue weighted by molar-refractivity contribution is -0.0948. The molecule has 0 radical (unpaired) electrons. The molecule has 18 heavy (non-hydrogen) atoms. The third-order valence-electron chi connectivity index (χ3n) is 3.95. The Morgan fingerprint density at radius 2 is 2.33 bits per heavy atom. The molecule has 0 saturated heterocycles. The second kappa shape index (κ2) is 5.78. The Bertz CT molecular complexity index is 363. The number of aromatic nitrogens is 1. The summed E-state index contributed by atoms with van der Waals surface area (Å²) in [6, 6.07) is 4.08. The molecule has 0 spiro atoms. The zero-order valence-electron chi connectivity index (χ0n) is 11.3. The van der Waals surface area contributed by atoms with Crippen LogP contribution in [-0.4, -0.2) is 41.7 Å². The van der Waals surface area contributed by atoms with Gasteiger partial charge in [-0.1, -0.05) is 6.07 Å². The summed E-state index contributed by atoms with van der Waals surface area (Å²) in [6.45, 7) is 4.41. The molecule has 2 rings (SSSR count). The van der Waals surface area contributed by atoms with Gasteiger partial charge in [0.05, 0.1) is 6.10 Å². The Balaban J connectivity index is 1.93. The number of ether oxygens (including phenoxy) is 1. The van der Waals surface area contributed by atoms with Crippen LogP contribution in [0.25, 0.3) is 0 Å². The van der Waals surface area contributed by atoms with Crippen molar-refractivity contribution in [2.24, 2.45) is 5.73 Å². The van der Waals surface area contributed by atoms with Crippen LogP contribution in [0.3, 0.4) is 0 Å². The van der Waals surface area contributed by atoms with E-state index in [0.717, 1.165) is 26.0 Å². The molecular formula is C14H23N3O. The predicted molar refractivity (Wildman–Crippen MR) is 72.1 cm³/mol. The minimum Gasteiger partial charge on any atom is -0.378 e. The molecule has 1 heterocycles. The van der Waals surface area contributed by atoms with Crippen LogP contribution in [0.1, 0.15) is 25.3 Å². The normalized spacial score (nSPS) is 27.2. The molecule has 1 aliphatic rings. The van der Waals surface area contributed by atoms with Crippen LogP contribution in [-0.2, 0) is 11.3 Å². The third kappa shape index (κ3) is 2.71. The zero-order valence-corrected chi connectivity index (χ0v) is 11.3. The Kier molecular flexibility index (Phi) is 4.32. The van der Waals surface area contributed by atoms with E-state index in [1.165, 1.54) is 5.56 Å². The molecule has 0 amide bonds. The number of nitrogens with two attached hydrogens (primary N) is 1. The maximum atomic E-state index is 5.97. The van der Waals surface area contributed by atoms with Crippen molar-refractivity contribution in [1.29, 1.82) is 0 Å². The summed E-state index contributed by atoms with van der Waals surface area (Å²) in [7, 11) is 2.14. The number of hydrogen-bond donors (Lipinski definition) is 1. The van der Waals surface area contributed by atoms with Gasteiger partial charge in [0.25, 0.3) is 0 Å². The van der Waals surface area contributed by atoms with Gasteiger partial charge in [-0.25, -0.2) is 0 Å². The standard InChI is InChI=1S/C14H23N3O/c1-3-18-13-7-14(8-13,11-15)17(2)10-12-5-4-6-16-9-12/h4-6,9,13H,3,7-8,10-11,15H2,1-2H3. The highest BCUT2D eigenvalue weighted by molar-refractivity contribution is 5.11. The highest BCUT2D eigenvalue weighted by Gasteiger charge is 2.46. The van der Waals surface area contributed by atoms with E-state index in [-0.39, 0.29) is 5.54 Å². The SMILES string of the molecule is CCOC1CC(CN)(N(C)Cc2cccnc2)C1. The summed E-state index contributed by atoms with van der Waals surface area (Å²) in [5.74, 6) is 0.